The highest BCUT2D eigenvalue weighted by Crippen LogP contribution is 2.24. The Hall–Kier alpha value is -3.98. The van der Waals surface area contributed by atoms with Gasteiger partial charge in [0.2, 0.25) is 11.8 Å². The molecule has 35 heavy (non-hydrogen) atoms. The van der Waals surface area contributed by atoms with Crippen molar-refractivity contribution in [2.24, 2.45) is 0 Å². The van der Waals surface area contributed by atoms with Gasteiger partial charge in [-0.15, -0.1) is 0 Å². The summed E-state index contributed by atoms with van der Waals surface area (Å²) in [7, 11) is 0. The highest BCUT2D eigenvalue weighted by atomic mass is 16.2. The van der Waals surface area contributed by atoms with Crippen molar-refractivity contribution in [1.29, 1.82) is 0 Å². The van der Waals surface area contributed by atoms with Crippen LogP contribution < -0.4 is 21.3 Å². The van der Waals surface area contributed by atoms with Crippen LogP contribution in [0.2, 0.25) is 0 Å². The highest BCUT2D eigenvalue weighted by Gasteiger charge is 2.32. The molecular weight excluding hydrogens is 442 g/mol. The summed E-state index contributed by atoms with van der Waals surface area (Å²) in [5.74, 6) is 1.01. The number of hydrogen-bond acceptors (Lipinski definition) is 7. The molecular formula is C26H29N7O2. The molecule has 0 spiro atoms. The first-order valence-electron chi connectivity index (χ1n) is 11.9. The molecule has 1 fully saturated rings. The number of nitrogens with one attached hydrogen (secondary N) is 4. The average molecular weight is 472 g/mol. The number of nitrogens with zero attached hydrogens (tertiary/aromatic N) is 3. The molecule has 4 N–H and O–H groups in total. The molecule has 2 atom stereocenters. The molecule has 3 heterocycles. The van der Waals surface area contributed by atoms with E-state index in [1.54, 1.807) is 6.92 Å². The Morgan fingerprint density at radius 3 is 2.31 bits per heavy atom. The molecule has 2 aromatic carbocycles. The maximum absolute atomic E-state index is 13.0. The Labute approximate surface area is 204 Å². The van der Waals surface area contributed by atoms with Crippen LogP contribution in [0.4, 0.5) is 23.0 Å². The van der Waals surface area contributed by atoms with Crippen LogP contribution in [-0.4, -0.2) is 45.3 Å². The van der Waals surface area contributed by atoms with Crippen LogP contribution in [0.3, 0.4) is 0 Å². The van der Waals surface area contributed by atoms with Crippen molar-refractivity contribution in [2.45, 2.75) is 44.9 Å². The standard InChI is InChI=1S/C26H29N7O2/c1-17-25(34)27-14-18-5-2-7-20(11-18)31-23-13-24(29-16-28-23)32-21-8-3-6-19(12-21)15-33-10-4-9-22(33)26(35)30-17/h2-3,5-8,11-13,16-17,22H,4,9-10,14-15H2,1H3,(H,27,34)(H,30,35)(H2,28,29,31,32)/t17-,22-/m0/s1. The van der Waals surface area contributed by atoms with Crippen molar-refractivity contribution in [3.05, 3.63) is 72.1 Å². The van der Waals surface area contributed by atoms with Gasteiger partial charge in [-0.25, -0.2) is 9.97 Å². The quantitative estimate of drug-likeness (QED) is 0.399. The van der Waals surface area contributed by atoms with Gasteiger partial charge in [0.15, 0.2) is 0 Å². The minimum atomic E-state index is -0.621. The number of carbonyl (C=O) groups excluding carboxylic acids is 2. The van der Waals surface area contributed by atoms with E-state index in [-0.39, 0.29) is 17.9 Å². The first-order chi connectivity index (χ1) is 17.0. The van der Waals surface area contributed by atoms with Crippen molar-refractivity contribution in [3.8, 4) is 0 Å². The molecule has 0 saturated carbocycles. The lowest BCUT2D eigenvalue weighted by Gasteiger charge is -2.25. The van der Waals surface area contributed by atoms with E-state index in [0.717, 1.165) is 41.9 Å². The molecule has 6 bridgehead atoms. The van der Waals surface area contributed by atoms with E-state index in [0.29, 0.717) is 24.7 Å². The smallest absolute Gasteiger partial charge is 0.242 e. The van der Waals surface area contributed by atoms with Crippen molar-refractivity contribution in [3.63, 3.8) is 0 Å². The summed E-state index contributed by atoms with van der Waals surface area (Å²) in [5.41, 5.74) is 3.79. The lowest BCUT2D eigenvalue weighted by atomic mass is 10.1. The number of fused-ring (bicyclic) bond motifs is 7. The lowest BCUT2D eigenvalue weighted by Crippen LogP contribution is -2.50. The fraction of sp³-hybridized carbons (Fsp3) is 0.308. The van der Waals surface area contributed by atoms with E-state index in [2.05, 4.69) is 48.3 Å². The third kappa shape index (κ3) is 5.58. The van der Waals surface area contributed by atoms with Crippen molar-refractivity contribution >= 4 is 34.8 Å². The Bertz CT molecular complexity index is 1230. The van der Waals surface area contributed by atoms with Crippen LogP contribution in [0, 0.1) is 0 Å². The first-order valence-corrected chi connectivity index (χ1v) is 11.9. The van der Waals surface area contributed by atoms with Crippen molar-refractivity contribution in [1.82, 2.24) is 25.5 Å². The summed E-state index contributed by atoms with van der Waals surface area (Å²) in [5, 5.41) is 12.5. The monoisotopic (exact) mass is 471 g/mol. The minimum Gasteiger partial charge on any atom is -0.350 e. The fourth-order valence-electron chi connectivity index (χ4n) is 4.56. The highest BCUT2D eigenvalue weighted by molar-refractivity contribution is 5.89. The van der Waals surface area contributed by atoms with Crippen molar-refractivity contribution in [2.75, 3.05) is 17.2 Å². The molecule has 180 valence electrons. The maximum atomic E-state index is 13.0. The number of hydrogen-bond donors (Lipinski definition) is 4. The van der Waals surface area contributed by atoms with Gasteiger partial charge in [-0.1, -0.05) is 24.3 Å². The summed E-state index contributed by atoms with van der Waals surface area (Å²) in [6.07, 6.45) is 3.24. The zero-order valence-corrected chi connectivity index (χ0v) is 19.6. The van der Waals surface area contributed by atoms with E-state index < -0.39 is 6.04 Å². The summed E-state index contributed by atoms with van der Waals surface area (Å²) in [4.78, 5) is 36.6. The summed E-state index contributed by atoms with van der Waals surface area (Å²) in [6, 6.07) is 16.8. The third-order valence-corrected chi connectivity index (χ3v) is 6.34. The van der Waals surface area contributed by atoms with Crippen LogP contribution in [-0.2, 0) is 22.7 Å². The van der Waals surface area contributed by atoms with Crippen molar-refractivity contribution < 1.29 is 9.59 Å². The predicted molar refractivity (Wildman–Crippen MR) is 134 cm³/mol. The normalized spacial score (nSPS) is 21.1. The van der Waals surface area contributed by atoms with E-state index in [1.807, 2.05) is 42.5 Å². The maximum Gasteiger partial charge on any atom is 0.242 e. The number of carbonyl (C=O) groups is 2. The van der Waals surface area contributed by atoms with Gasteiger partial charge >= 0.3 is 0 Å². The first kappa shape index (κ1) is 22.8. The SMILES string of the molecule is C[C@@H]1NC(=O)[C@@H]2CCCN2Cc2cccc(c2)Nc2cc(ncn2)Nc2cccc(c2)CNC1=O. The van der Waals surface area contributed by atoms with E-state index >= 15 is 0 Å². The molecule has 1 aromatic heterocycles. The van der Waals surface area contributed by atoms with Gasteiger partial charge in [-0.05, 0) is 61.7 Å². The molecule has 9 nitrogen and oxygen atoms in total. The van der Waals surface area contributed by atoms with Gasteiger partial charge in [-0.2, -0.15) is 0 Å². The van der Waals surface area contributed by atoms with E-state index in [1.165, 1.54) is 6.33 Å². The molecule has 0 aliphatic carbocycles. The van der Waals surface area contributed by atoms with Crippen LogP contribution in [0.1, 0.15) is 30.9 Å². The molecule has 0 radical (unpaired) electrons. The second-order valence-electron chi connectivity index (χ2n) is 9.02. The number of amides is 2. The zero-order chi connectivity index (χ0) is 24.2. The van der Waals surface area contributed by atoms with Crippen LogP contribution in [0.5, 0.6) is 0 Å². The molecule has 0 unspecified atom stereocenters. The van der Waals surface area contributed by atoms with E-state index in [9.17, 15) is 9.59 Å². The molecule has 2 amide bonds. The lowest BCUT2D eigenvalue weighted by molar-refractivity contribution is -0.131. The number of anilines is 4. The Morgan fingerprint density at radius 2 is 1.57 bits per heavy atom. The van der Waals surface area contributed by atoms with Crippen LogP contribution in [0.15, 0.2) is 60.9 Å². The molecule has 3 aromatic rings. The Morgan fingerprint density at radius 1 is 0.886 bits per heavy atom. The average Bonchev–Trinajstić information content (AvgIpc) is 3.31. The van der Waals surface area contributed by atoms with Gasteiger partial charge in [-0.3, -0.25) is 14.5 Å². The fourth-order valence-corrected chi connectivity index (χ4v) is 4.56. The second kappa shape index (κ2) is 10.1. The van der Waals surface area contributed by atoms with Crippen LogP contribution in [0.25, 0.3) is 0 Å². The van der Waals surface area contributed by atoms with Gasteiger partial charge in [0.1, 0.15) is 24.0 Å². The minimum absolute atomic E-state index is 0.103. The molecule has 9 heteroatoms. The number of benzene rings is 2. The summed E-state index contributed by atoms with van der Waals surface area (Å²) < 4.78 is 0. The van der Waals surface area contributed by atoms with Crippen LogP contribution >= 0.6 is 0 Å². The summed E-state index contributed by atoms with van der Waals surface area (Å²) >= 11 is 0. The Balaban J connectivity index is 1.45. The molecule has 1 saturated heterocycles. The van der Waals surface area contributed by atoms with Gasteiger partial charge in [0, 0.05) is 30.5 Å². The van der Waals surface area contributed by atoms with Gasteiger partial charge in [0.05, 0.1) is 6.04 Å². The third-order valence-electron chi connectivity index (χ3n) is 6.34. The second-order valence-corrected chi connectivity index (χ2v) is 9.02. The predicted octanol–water partition coefficient (Wildman–Crippen LogP) is 3.06. The zero-order valence-electron chi connectivity index (χ0n) is 19.6. The van der Waals surface area contributed by atoms with Gasteiger partial charge < -0.3 is 21.3 Å². The summed E-state index contributed by atoms with van der Waals surface area (Å²) in [6.45, 7) is 3.57. The Kier molecular flexibility index (Phi) is 6.58. The molecule has 2 aliphatic rings. The topological polar surface area (TPSA) is 111 Å². The van der Waals surface area contributed by atoms with Gasteiger partial charge in [0.25, 0.3) is 0 Å². The molecule has 2 aliphatic heterocycles. The number of rotatable bonds is 0. The number of aromatic nitrogens is 2. The molecule has 5 rings (SSSR count). The largest absolute Gasteiger partial charge is 0.350 e. The van der Waals surface area contributed by atoms with E-state index in [4.69, 9.17) is 0 Å².